The van der Waals surface area contributed by atoms with Crippen molar-refractivity contribution in [3.8, 4) is 5.75 Å². The van der Waals surface area contributed by atoms with Gasteiger partial charge in [0.2, 0.25) is 0 Å². The Balaban J connectivity index is 1.37. The fourth-order valence-electron chi connectivity index (χ4n) is 7.74. The molecule has 2 nitrogen and oxygen atoms in total. The molecule has 0 amide bonds. The van der Waals surface area contributed by atoms with Gasteiger partial charge in [-0.25, -0.2) is 0 Å². The minimum absolute atomic E-state index is 0.218. The van der Waals surface area contributed by atoms with Crippen LogP contribution in [0.3, 0.4) is 0 Å². The molecule has 1 aromatic rings. The summed E-state index contributed by atoms with van der Waals surface area (Å²) in [5.74, 6) is 4.34. The zero-order chi connectivity index (χ0) is 19.5. The fraction of sp³-hybridized carbons (Fsp3) is 0.769. The van der Waals surface area contributed by atoms with Gasteiger partial charge in [-0.1, -0.05) is 32.8 Å². The van der Waals surface area contributed by atoms with Crippen molar-refractivity contribution in [2.45, 2.75) is 96.2 Å². The molecule has 0 radical (unpaired) electrons. The number of hydrogen-bond donors (Lipinski definition) is 0. The van der Waals surface area contributed by atoms with Crippen molar-refractivity contribution in [2.75, 3.05) is 7.11 Å². The van der Waals surface area contributed by atoms with Gasteiger partial charge < -0.3 is 9.47 Å². The van der Waals surface area contributed by atoms with Gasteiger partial charge in [0.1, 0.15) is 5.75 Å². The third kappa shape index (κ3) is 2.62. The molecular weight excluding hydrogens is 344 g/mol. The highest BCUT2D eigenvalue weighted by Gasteiger charge is 2.75. The van der Waals surface area contributed by atoms with E-state index in [1.54, 1.807) is 18.2 Å². The number of rotatable bonds is 6. The number of ether oxygens (including phenoxy) is 2. The van der Waals surface area contributed by atoms with Gasteiger partial charge in [0.25, 0.3) is 0 Å². The predicted molar refractivity (Wildman–Crippen MR) is 114 cm³/mol. The van der Waals surface area contributed by atoms with Crippen LogP contribution in [0.5, 0.6) is 5.75 Å². The van der Waals surface area contributed by atoms with Crippen molar-refractivity contribution in [3.63, 3.8) is 0 Å². The molecule has 4 aliphatic rings. The van der Waals surface area contributed by atoms with E-state index < -0.39 is 0 Å². The second-order valence-electron chi connectivity index (χ2n) is 10.5. The van der Waals surface area contributed by atoms with Gasteiger partial charge in [-0.05, 0) is 98.8 Å². The first-order chi connectivity index (χ1) is 13.5. The highest BCUT2D eigenvalue weighted by molar-refractivity contribution is 5.41. The summed E-state index contributed by atoms with van der Waals surface area (Å²) in [4.78, 5) is 0. The van der Waals surface area contributed by atoms with Crippen LogP contribution in [0.2, 0.25) is 0 Å². The molecule has 7 atom stereocenters. The number of aryl methyl sites for hydroxylation is 1. The lowest BCUT2D eigenvalue weighted by Gasteiger charge is -2.53. The maximum absolute atomic E-state index is 6.91. The van der Waals surface area contributed by atoms with Crippen molar-refractivity contribution in [3.05, 3.63) is 29.3 Å². The minimum atomic E-state index is 0.218. The van der Waals surface area contributed by atoms with Crippen LogP contribution in [-0.2, 0) is 11.2 Å². The number of hydrogen-bond acceptors (Lipinski definition) is 2. The smallest absolute Gasteiger partial charge is 0.119 e. The quantitative estimate of drug-likeness (QED) is 0.558. The van der Waals surface area contributed by atoms with Crippen LogP contribution in [-0.4, -0.2) is 18.8 Å². The summed E-state index contributed by atoms with van der Waals surface area (Å²) in [5, 5.41) is 0. The molecule has 154 valence electrons. The van der Waals surface area contributed by atoms with Crippen LogP contribution < -0.4 is 4.74 Å². The Kier molecular flexibility index (Phi) is 4.58. The molecule has 3 fully saturated rings. The van der Waals surface area contributed by atoms with Crippen LogP contribution in [0.1, 0.15) is 89.2 Å². The van der Waals surface area contributed by atoms with Crippen molar-refractivity contribution in [2.24, 2.45) is 23.2 Å². The van der Waals surface area contributed by atoms with Gasteiger partial charge in [0.15, 0.2) is 0 Å². The largest absolute Gasteiger partial charge is 0.497 e. The molecule has 4 aliphatic carbocycles. The second kappa shape index (κ2) is 6.76. The van der Waals surface area contributed by atoms with Gasteiger partial charge in [-0.15, -0.1) is 0 Å². The summed E-state index contributed by atoms with van der Waals surface area (Å²) in [6.07, 6.45) is 12.3. The Morgan fingerprint density at radius 3 is 2.89 bits per heavy atom. The molecule has 5 rings (SSSR count). The van der Waals surface area contributed by atoms with E-state index in [0.717, 1.165) is 29.4 Å². The van der Waals surface area contributed by atoms with Crippen molar-refractivity contribution in [1.29, 1.82) is 0 Å². The van der Waals surface area contributed by atoms with Gasteiger partial charge >= 0.3 is 0 Å². The molecule has 0 bridgehead atoms. The average Bonchev–Trinajstić information content (AvgIpc) is 3.35. The van der Waals surface area contributed by atoms with E-state index in [0.29, 0.717) is 11.5 Å². The van der Waals surface area contributed by atoms with Gasteiger partial charge in [0, 0.05) is 5.41 Å². The molecule has 1 aromatic carbocycles. The Hall–Kier alpha value is -1.02. The first-order valence-electron chi connectivity index (χ1n) is 11.9. The van der Waals surface area contributed by atoms with Crippen LogP contribution in [0, 0.1) is 23.2 Å². The van der Waals surface area contributed by atoms with Crippen LogP contribution in [0.15, 0.2) is 18.2 Å². The lowest BCUT2D eigenvalue weighted by atomic mass is 9.53. The Labute approximate surface area is 171 Å². The molecular formula is C26H38O2. The van der Waals surface area contributed by atoms with Crippen molar-refractivity contribution < 1.29 is 9.47 Å². The maximum atomic E-state index is 6.91. The topological polar surface area (TPSA) is 18.5 Å². The average molecular weight is 383 g/mol. The first-order valence-corrected chi connectivity index (χ1v) is 11.9. The molecule has 0 N–H and O–H groups in total. The van der Waals surface area contributed by atoms with E-state index in [2.05, 4.69) is 39.0 Å². The molecule has 2 heteroatoms. The van der Waals surface area contributed by atoms with Gasteiger partial charge in [-0.3, -0.25) is 0 Å². The second-order valence-corrected chi connectivity index (χ2v) is 10.5. The molecule has 28 heavy (non-hydrogen) atoms. The summed E-state index contributed by atoms with van der Waals surface area (Å²) >= 11 is 0. The maximum Gasteiger partial charge on any atom is 0.119 e. The van der Waals surface area contributed by atoms with E-state index in [1.165, 1.54) is 57.8 Å². The molecule has 3 saturated carbocycles. The Morgan fingerprint density at radius 1 is 1.25 bits per heavy atom. The SMILES string of the molecule is CCCCC(C)O[C@@]12C[C@@H]1C[C@H]1[C@@H]3CCc4cc(OC)ccc4[C@H]3CC[C@@]12C. The Bertz CT molecular complexity index is 742. The monoisotopic (exact) mass is 382 g/mol. The molecule has 0 aliphatic heterocycles. The van der Waals surface area contributed by atoms with E-state index in [-0.39, 0.29) is 5.60 Å². The van der Waals surface area contributed by atoms with Crippen molar-refractivity contribution >= 4 is 0 Å². The zero-order valence-corrected chi connectivity index (χ0v) is 18.3. The predicted octanol–water partition coefficient (Wildman–Crippen LogP) is 6.52. The van der Waals surface area contributed by atoms with Crippen molar-refractivity contribution in [1.82, 2.24) is 0 Å². The summed E-state index contributed by atoms with van der Waals surface area (Å²) in [7, 11) is 1.78. The van der Waals surface area contributed by atoms with Crippen LogP contribution in [0.25, 0.3) is 0 Å². The molecule has 0 saturated heterocycles. The number of unbranched alkanes of at least 4 members (excludes halogenated alkanes) is 1. The first kappa shape index (κ1) is 19.0. The Morgan fingerprint density at radius 2 is 2.11 bits per heavy atom. The minimum Gasteiger partial charge on any atom is -0.497 e. The van der Waals surface area contributed by atoms with E-state index >= 15 is 0 Å². The normalized spacial score (nSPS) is 41.4. The highest BCUT2D eigenvalue weighted by Crippen LogP contribution is 2.76. The summed E-state index contributed by atoms with van der Waals surface area (Å²) in [6, 6.07) is 6.86. The summed E-state index contributed by atoms with van der Waals surface area (Å²) in [6.45, 7) is 7.22. The fourth-order valence-corrected chi connectivity index (χ4v) is 7.74. The summed E-state index contributed by atoms with van der Waals surface area (Å²) < 4.78 is 12.4. The molecule has 1 unspecified atom stereocenters. The zero-order valence-electron chi connectivity index (χ0n) is 18.3. The molecule has 0 aromatic heterocycles. The third-order valence-electron chi connectivity index (χ3n) is 9.25. The standard InChI is InChI=1S/C26H38O2/c1-5-6-7-17(2)28-26-16-19(26)15-24-23-10-8-18-14-20(27-4)9-11-21(18)22(23)12-13-25(24,26)3/h9,11,14,17,19,22-24H,5-8,10,12-13,15-16H2,1-4H3/t17?,19-,22+,23+,24-,25-,26-/m0/s1. The third-order valence-corrected chi connectivity index (χ3v) is 9.25. The van der Waals surface area contributed by atoms with E-state index in [1.807, 2.05) is 0 Å². The number of fused-ring (bicyclic) bond motifs is 7. The van der Waals surface area contributed by atoms with Gasteiger partial charge in [-0.2, -0.15) is 0 Å². The van der Waals surface area contributed by atoms with E-state index in [4.69, 9.17) is 9.47 Å². The summed E-state index contributed by atoms with van der Waals surface area (Å²) in [5.41, 5.74) is 3.80. The lowest BCUT2D eigenvalue weighted by molar-refractivity contribution is -0.126. The highest BCUT2D eigenvalue weighted by atomic mass is 16.5. The number of methoxy groups -OCH3 is 1. The van der Waals surface area contributed by atoms with E-state index in [9.17, 15) is 0 Å². The van der Waals surface area contributed by atoms with Gasteiger partial charge in [0.05, 0.1) is 18.8 Å². The van der Waals surface area contributed by atoms with Crippen LogP contribution >= 0.6 is 0 Å². The number of benzene rings is 1. The molecule has 0 spiro atoms. The molecule has 0 heterocycles. The lowest BCUT2D eigenvalue weighted by Crippen LogP contribution is -2.48. The van der Waals surface area contributed by atoms with Crippen LogP contribution in [0.4, 0.5) is 0 Å².